The van der Waals surface area contributed by atoms with Crippen molar-refractivity contribution >= 4 is 15.9 Å². The van der Waals surface area contributed by atoms with E-state index in [4.69, 9.17) is 0 Å². The van der Waals surface area contributed by atoms with Gasteiger partial charge in [0, 0.05) is 11.8 Å². The van der Waals surface area contributed by atoms with Crippen LogP contribution in [0.25, 0.3) is 0 Å². The van der Waals surface area contributed by atoms with Crippen molar-refractivity contribution in [3.05, 3.63) is 0 Å². The molecule has 0 N–H and O–H groups in total. The van der Waals surface area contributed by atoms with Crippen molar-refractivity contribution in [3.8, 4) is 0 Å². The number of carbonyl (C=O) groups excluding carboxylic acids is 1. The topological polar surface area (TPSA) is 60.4 Å². The predicted molar refractivity (Wildman–Crippen MR) is 61.9 cm³/mol. The lowest BCUT2D eigenvalue weighted by Gasteiger charge is -2.55. The molecule has 0 spiro atoms. The summed E-state index contributed by atoms with van der Waals surface area (Å²) < 4.78 is 63.1. The van der Waals surface area contributed by atoms with E-state index in [9.17, 15) is 26.4 Å². The van der Waals surface area contributed by atoms with Crippen molar-refractivity contribution in [3.63, 3.8) is 0 Å². The number of alkyl halides is 3. The molecule has 20 heavy (non-hydrogen) atoms. The summed E-state index contributed by atoms with van der Waals surface area (Å²) in [6, 6.07) is 0. The third-order valence-corrected chi connectivity index (χ3v) is 5.92. The first kappa shape index (κ1) is 14.3. The maximum absolute atomic E-state index is 12.3. The second kappa shape index (κ2) is 4.19. The van der Waals surface area contributed by atoms with Gasteiger partial charge in [0.15, 0.2) is 0 Å². The van der Waals surface area contributed by atoms with Gasteiger partial charge in [-0.15, -0.1) is 0 Å². The minimum Gasteiger partial charge on any atom is -0.299 e. The molecule has 0 saturated heterocycles. The van der Waals surface area contributed by atoms with E-state index < -0.39 is 27.6 Å². The van der Waals surface area contributed by atoms with Crippen LogP contribution in [0.2, 0.25) is 0 Å². The highest BCUT2D eigenvalue weighted by atomic mass is 32.2. The summed E-state index contributed by atoms with van der Waals surface area (Å²) in [6.07, 6.45) is 3.19. The Morgan fingerprint density at radius 2 is 1.70 bits per heavy atom. The van der Waals surface area contributed by atoms with Gasteiger partial charge in [0.25, 0.3) is 0 Å². The van der Waals surface area contributed by atoms with Gasteiger partial charge in [0.05, 0.1) is 6.61 Å². The number of carbonyl (C=O) groups is 1. The summed E-state index contributed by atoms with van der Waals surface area (Å²) in [5.74, 6) is 0.300. The average Bonchev–Trinajstić information content (AvgIpc) is 2.31. The third kappa shape index (κ3) is 2.16. The molecule has 0 radical (unpaired) electrons. The number of hydrogen-bond donors (Lipinski definition) is 0. The smallest absolute Gasteiger partial charge is 0.299 e. The Morgan fingerprint density at radius 1 is 1.15 bits per heavy atom. The first-order chi connectivity index (χ1) is 9.12. The van der Waals surface area contributed by atoms with Gasteiger partial charge in [-0.3, -0.25) is 8.98 Å². The molecule has 4 aliphatic rings. The Balaban J connectivity index is 1.74. The van der Waals surface area contributed by atoms with Gasteiger partial charge in [0.1, 0.15) is 5.78 Å². The zero-order chi connectivity index (χ0) is 14.8. The summed E-state index contributed by atoms with van der Waals surface area (Å²) in [7, 11) is -5.54. The normalized spacial score (nSPS) is 40.4. The van der Waals surface area contributed by atoms with E-state index in [1.807, 2.05) is 0 Å². The summed E-state index contributed by atoms with van der Waals surface area (Å²) in [5.41, 5.74) is -5.95. The van der Waals surface area contributed by atoms with Crippen LogP contribution in [0.5, 0.6) is 0 Å². The van der Waals surface area contributed by atoms with Crippen LogP contribution in [0, 0.1) is 23.2 Å². The van der Waals surface area contributed by atoms with Gasteiger partial charge in [-0.1, -0.05) is 0 Å². The molecule has 4 fully saturated rings. The summed E-state index contributed by atoms with van der Waals surface area (Å²) >= 11 is 0. The van der Waals surface area contributed by atoms with Crippen LogP contribution in [0.15, 0.2) is 0 Å². The highest BCUT2D eigenvalue weighted by Gasteiger charge is 2.56. The maximum atomic E-state index is 12.3. The number of rotatable bonds is 3. The van der Waals surface area contributed by atoms with Crippen LogP contribution < -0.4 is 0 Å². The van der Waals surface area contributed by atoms with Crippen molar-refractivity contribution in [1.82, 2.24) is 0 Å². The van der Waals surface area contributed by atoms with Crippen molar-refractivity contribution in [2.24, 2.45) is 23.2 Å². The monoisotopic (exact) mass is 312 g/mol. The molecule has 4 bridgehead atoms. The highest BCUT2D eigenvalue weighted by Crippen LogP contribution is 2.58. The lowest BCUT2D eigenvalue weighted by molar-refractivity contribution is -0.150. The fourth-order valence-electron chi connectivity index (χ4n) is 4.36. The van der Waals surface area contributed by atoms with Gasteiger partial charge < -0.3 is 0 Å². The van der Waals surface area contributed by atoms with Crippen molar-refractivity contribution in [2.45, 2.75) is 37.6 Å². The van der Waals surface area contributed by atoms with E-state index in [2.05, 4.69) is 4.18 Å². The molecule has 114 valence electrons. The van der Waals surface area contributed by atoms with E-state index in [1.165, 1.54) is 0 Å². The van der Waals surface area contributed by atoms with Gasteiger partial charge in [-0.25, -0.2) is 0 Å². The van der Waals surface area contributed by atoms with E-state index in [0.29, 0.717) is 25.2 Å². The Morgan fingerprint density at radius 3 is 2.20 bits per heavy atom. The van der Waals surface area contributed by atoms with Gasteiger partial charge in [-0.05, 0) is 43.4 Å². The Kier molecular flexibility index (Phi) is 3.00. The molecule has 2 unspecified atom stereocenters. The molecule has 0 aromatic rings. The van der Waals surface area contributed by atoms with Crippen LogP contribution >= 0.6 is 0 Å². The molecule has 8 heteroatoms. The van der Waals surface area contributed by atoms with Crippen molar-refractivity contribution in [1.29, 1.82) is 0 Å². The van der Waals surface area contributed by atoms with E-state index in [-0.39, 0.29) is 17.6 Å². The standard InChI is InChI=1S/C12H15F3O4S/c13-12(14,15)20(17,18)19-6-11-3-7-1-8(4-11)10(16)9(2-7)5-11/h7-9H,1-6H2. The van der Waals surface area contributed by atoms with E-state index in [0.717, 1.165) is 12.8 Å². The zero-order valence-corrected chi connectivity index (χ0v) is 11.5. The predicted octanol–water partition coefficient (Wildman–Crippen LogP) is 2.25. The molecule has 0 aliphatic heterocycles. The first-order valence-electron chi connectivity index (χ1n) is 6.61. The lowest BCUT2D eigenvalue weighted by Crippen LogP contribution is -2.53. The average molecular weight is 312 g/mol. The zero-order valence-electron chi connectivity index (χ0n) is 10.6. The van der Waals surface area contributed by atoms with Crippen LogP contribution in [-0.2, 0) is 19.1 Å². The van der Waals surface area contributed by atoms with Crippen LogP contribution in [0.3, 0.4) is 0 Å². The maximum Gasteiger partial charge on any atom is 0.523 e. The van der Waals surface area contributed by atoms with Crippen molar-refractivity contribution < 1.29 is 30.6 Å². The number of halogens is 3. The fourth-order valence-corrected chi connectivity index (χ4v) is 4.89. The Bertz CT molecular complexity index is 521. The van der Waals surface area contributed by atoms with Gasteiger partial charge >= 0.3 is 15.6 Å². The molecule has 0 aromatic carbocycles. The summed E-state index contributed by atoms with van der Waals surface area (Å²) in [4.78, 5) is 11.9. The molecule has 0 amide bonds. The second-order valence-electron chi connectivity index (χ2n) is 6.41. The largest absolute Gasteiger partial charge is 0.523 e. The van der Waals surface area contributed by atoms with Crippen LogP contribution in [0.4, 0.5) is 13.2 Å². The van der Waals surface area contributed by atoms with Gasteiger partial charge in [-0.2, -0.15) is 21.6 Å². The minimum atomic E-state index is -5.54. The molecule has 0 heterocycles. The Labute approximate surface area is 114 Å². The third-order valence-electron chi connectivity index (χ3n) is 4.92. The second-order valence-corrected chi connectivity index (χ2v) is 8.01. The number of Topliss-reactive ketones (excluding diaryl/α,β-unsaturated/α-hetero) is 1. The fraction of sp³-hybridized carbons (Fsp3) is 0.917. The van der Waals surface area contributed by atoms with E-state index >= 15 is 0 Å². The first-order valence-corrected chi connectivity index (χ1v) is 8.02. The van der Waals surface area contributed by atoms with Gasteiger partial charge in [0.2, 0.25) is 0 Å². The van der Waals surface area contributed by atoms with Crippen molar-refractivity contribution in [2.75, 3.05) is 6.61 Å². The molecule has 4 aliphatic carbocycles. The molecule has 4 saturated carbocycles. The molecule has 0 aromatic heterocycles. The highest BCUT2D eigenvalue weighted by molar-refractivity contribution is 7.87. The van der Waals surface area contributed by atoms with E-state index in [1.54, 1.807) is 0 Å². The lowest BCUT2D eigenvalue weighted by atomic mass is 9.49. The molecular weight excluding hydrogens is 297 g/mol. The summed E-state index contributed by atoms with van der Waals surface area (Å²) in [6.45, 7) is -0.453. The van der Waals surface area contributed by atoms with Crippen LogP contribution in [0.1, 0.15) is 32.1 Å². The SMILES string of the molecule is O=C1C2CC3CC1CC(COS(=O)(=O)C(F)(F)F)(C3)C2. The quantitative estimate of drug-likeness (QED) is 0.592. The molecular formula is C12H15F3O4S. The molecule has 4 nitrogen and oxygen atoms in total. The molecule has 2 atom stereocenters. The minimum absolute atomic E-state index is 0.113. The number of hydrogen-bond acceptors (Lipinski definition) is 4. The Hall–Kier alpha value is -0.630. The molecule has 4 rings (SSSR count). The van der Waals surface area contributed by atoms with Crippen LogP contribution in [-0.4, -0.2) is 26.3 Å². The summed E-state index contributed by atoms with van der Waals surface area (Å²) in [5, 5.41) is 0. The number of ketones is 1.